The zero-order valence-corrected chi connectivity index (χ0v) is 16.7. The van der Waals surface area contributed by atoms with Gasteiger partial charge in [0.05, 0.1) is 6.61 Å². The van der Waals surface area contributed by atoms with Crippen LogP contribution in [0.3, 0.4) is 0 Å². The van der Waals surface area contributed by atoms with Crippen LogP contribution in [0.25, 0.3) is 0 Å². The van der Waals surface area contributed by atoms with Gasteiger partial charge in [-0.1, -0.05) is 38.1 Å². The van der Waals surface area contributed by atoms with Crippen LogP contribution < -0.4 is 5.32 Å². The zero-order chi connectivity index (χ0) is 20.6. The highest BCUT2D eigenvalue weighted by atomic mass is 16.3. The lowest BCUT2D eigenvalue weighted by molar-refractivity contribution is -0.121. The maximum atomic E-state index is 11.9. The Hall–Kier alpha value is -2.53. The largest absolute Gasteiger partial charge is 0.508 e. The monoisotopic (exact) mass is 385 g/mol. The average Bonchev–Trinajstić information content (AvgIpc) is 2.70. The molecule has 0 aliphatic heterocycles. The van der Waals surface area contributed by atoms with Crippen molar-refractivity contribution >= 4 is 5.91 Å². The van der Waals surface area contributed by atoms with Crippen LogP contribution in [0.15, 0.2) is 48.5 Å². The molecule has 0 unspecified atom stereocenters. The van der Waals surface area contributed by atoms with Crippen molar-refractivity contribution in [3.8, 4) is 11.5 Å². The fourth-order valence-corrected chi connectivity index (χ4v) is 3.80. The summed E-state index contributed by atoms with van der Waals surface area (Å²) in [6.45, 7) is 4.58. The third-order valence-corrected chi connectivity index (χ3v) is 5.66. The van der Waals surface area contributed by atoms with E-state index in [1.807, 2.05) is 24.3 Å². The summed E-state index contributed by atoms with van der Waals surface area (Å²) in [5.74, 6) is 0.562. The summed E-state index contributed by atoms with van der Waals surface area (Å²) in [5.41, 5.74) is 2.06. The van der Waals surface area contributed by atoms with E-state index in [2.05, 4.69) is 19.2 Å². The van der Waals surface area contributed by atoms with Gasteiger partial charge in [-0.25, -0.2) is 0 Å². The number of aromatic hydroxyl groups is 2. The maximum absolute atomic E-state index is 11.9. The normalized spacial score (nSPS) is 14.2. The first kappa shape index (κ1) is 21.8. The summed E-state index contributed by atoms with van der Waals surface area (Å²) in [6, 6.07) is 14.6. The van der Waals surface area contributed by atoms with E-state index in [0.717, 1.165) is 30.4 Å². The molecule has 2 aromatic carbocycles. The lowest BCUT2D eigenvalue weighted by Crippen LogP contribution is -2.31. The Morgan fingerprint density at radius 1 is 1.04 bits per heavy atom. The molecule has 5 heteroatoms. The van der Waals surface area contributed by atoms with Gasteiger partial charge in [0.2, 0.25) is 5.91 Å². The lowest BCUT2D eigenvalue weighted by atomic mass is 9.65. The fourth-order valence-electron chi connectivity index (χ4n) is 3.80. The molecule has 0 bridgehead atoms. The van der Waals surface area contributed by atoms with E-state index in [1.54, 1.807) is 24.3 Å². The lowest BCUT2D eigenvalue weighted by Gasteiger charge is -2.38. The predicted molar refractivity (Wildman–Crippen MR) is 111 cm³/mol. The van der Waals surface area contributed by atoms with Gasteiger partial charge in [0.1, 0.15) is 11.5 Å². The molecule has 0 aliphatic carbocycles. The molecule has 0 radical (unpaired) electrons. The fraction of sp³-hybridized carbons (Fsp3) is 0.435. The van der Waals surface area contributed by atoms with Gasteiger partial charge in [-0.15, -0.1) is 0 Å². The minimum absolute atomic E-state index is 0.0543. The van der Waals surface area contributed by atoms with Gasteiger partial charge >= 0.3 is 0 Å². The summed E-state index contributed by atoms with van der Waals surface area (Å²) in [7, 11) is 0. The molecule has 1 amide bonds. The van der Waals surface area contributed by atoms with Gasteiger partial charge in [-0.3, -0.25) is 4.79 Å². The highest BCUT2D eigenvalue weighted by Gasteiger charge is 2.35. The number of benzene rings is 2. The molecule has 0 saturated heterocycles. The van der Waals surface area contributed by atoms with E-state index in [-0.39, 0.29) is 41.9 Å². The molecule has 2 aromatic rings. The van der Waals surface area contributed by atoms with Crippen molar-refractivity contribution in [2.45, 2.75) is 50.9 Å². The van der Waals surface area contributed by atoms with Crippen molar-refractivity contribution in [3.05, 3.63) is 59.7 Å². The molecule has 0 spiro atoms. The number of aliphatic hydroxyl groups excluding tert-OH is 1. The van der Waals surface area contributed by atoms with Crippen molar-refractivity contribution in [2.24, 2.45) is 0 Å². The number of phenols is 2. The first-order valence-electron chi connectivity index (χ1n) is 9.86. The Morgan fingerprint density at radius 3 is 2.14 bits per heavy atom. The topological polar surface area (TPSA) is 89.8 Å². The van der Waals surface area contributed by atoms with E-state index in [4.69, 9.17) is 5.11 Å². The second kappa shape index (κ2) is 10.1. The van der Waals surface area contributed by atoms with Crippen LogP contribution in [-0.4, -0.2) is 34.4 Å². The standard InChI is InChI=1S/C23H31NO4/c1-3-23(2,18-9-13-20(27)14-10-18)21(17-7-11-19(26)12-8-17)5-4-6-22(28)24-15-16-25/h7-14,21,25-27H,3-6,15-16H2,1-2H3,(H,24,28)/t21-,23+/m1/s1. The number of carbonyl (C=O) groups is 1. The van der Waals surface area contributed by atoms with Crippen molar-refractivity contribution in [2.75, 3.05) is 13.2 Å². The smallest absolute Gasteiger partial charge is 0.220 e. The molecule has 28 heavy (non-hydrogen) atoms. The van der Waals surface area contributed by atoms with Crippen LogP contribution >= 0.6 is 0 Å². The van der Waals surface area contributed by atoms with Crippen LogP contribution in [0.5, 0.6) is 11.5 Å². The van der Waals surface area contributed by atoms with Crippen LogP contribution in [0.1, 0.15) is 56.6 Å². The summed E-state index contributed by atoms with van der Waals surface area (Å²) >= 11 is 0. The minimum atomic E-state index is -0.188. The number of rotatable bonds is 10. The van der Waals surface area contributed by atoms with E-state index in [0.29, 0.717) is 6.42 Å². The maximum Gasteiger partial charge on any atom is 0.220 e. The molecular weight excluding hydrogens is 354 g/mol. The van der Waals surface area contributed by atoms with E-state index < -0.39 is 0 Å². The van der Waals surface area contributed by atoms with Crippen LogP contribution in [-0.2, 0) is 10.2 Å². The van der Waals surface area contributed by atoms with Crippen LogP contribution in [0, 0.1) is 0 Å². The average molecular weight is 386 g/mol. The molecule has 5 nitrogen and oxygen atoms in total. The molecule has 2 rings (SSSR count). The highest BCUT2D eigenvalue weighted by molar-refractivity contribution is 5.75. The minimum Gasteiger partial charge on any atom is -0.508 e. The number of carbonyl (C=O) groups excluding carboxylic acids is 1. The van der Waals surface area contributed by atoms with E-state index >= 15 is 0 Å². The third-order valence-electron chi connectivity index (χ3n) is 5.66. The Balaban J connectivity index is 2.27. The van der Waals surface area contributed by atoms with Crippen molar-refractivity contribution < 1.29 is 20.1 Å². The number of nitrogens with one attached hydrogen (secondary N) is 1. The highest BCUT2D eigenvalue weighted by Crippen LogP contribution is 2.45. The SMILES string of the molecule is CC[C@@](C)(c1ccc(O)cc1)[C@H](CCCC(=O)NCCO)c1ccc(O)cc1. The van der Waals surface area contributed by atoms with Gasteiger partial charge in [0, 0.05) is 13.0 Å². The van der Waals surface area contributed by atoms with E-state index in [1.165, 1.54) is 0 Å². The molecule has 0 aliphatic rings. The molecule has 0 saturated carbocycles. The Bertz CT molecular complexity index is 742. The van der Waals surface area contributed by atoms with Crippen molar-refractivity contribution in [1.82, 2.24) is 5.32 Å². The zero-order valence-electron chi connectivity index (χ0n) is 16.7. The second-order valence-electron chi connectivity index (χ2n) is 7.43. The quantitative estimate of drug-likeness (QED) is 0.500. The molecule has 4 N–H and O–H groups in total. The number of hydrogen-bond donors (Lipinski definition) is 4. The van der Waals surface area contributed by atoms with Gasteiger partial charge in [0.15, 0.2) is 0 Å². The number of aliphatic hydroxyl groups is 1. The van der Waals surface area contributed by atoms with Crippen molar-refractivity contribution in [3.63, 3.8) is 0 Å². The number of phenolic OH excluding ortho intramolecular Hbond substituents is 2. The van der Waals surface area contributed by atoms with Gasteiger partial charge in [0.25, 0.3) is 0 Å². The van der Waals surface area contributed by atoms with Gasteiger partial charge < -0.3 is 20.6 Å². The Labute approximate surface area is 167 Å². The predicted octanol–water partition coefficient (Wildman–Crippen LogP) is 3.83. The first-order chi connectivity index (χ1) is 13.4. The number of amides is 1. The second-order valence-corrected chi connectivity index (χ2v) is 7.43. The molecule has 0 aromatic heterocycles. The van der Waals surface area contributed by atoms with Crippen molar-refractivity contribution in [1.29, 1.82) is 0 Å². The summed E-state index contributed by atoms with van der Waals surface area (Å²) in [6.07, 6.45) is 2.82. The summed E-state index contributed by atoms with van der Waals surface area (Å²) < 4.78 is 0. The molecule has 152 valence electrons. The third kappa shape index (κ3) is 5.49. The van der Waals surface area contributed by atoms with Gasteiger partial charge in [-0.05, 0) is 66.0 Å². The number of hydrogen-bond acceptors (Lipinski definition) is 4. The molecule has 2 atom stereocenters. The van der Waals surface area contributed by atoms with E-state index in [9.17, 15) is 15.0 Å². The Morgan fingerprint density at radius 2 is 1.61 bits per heavy atom. The molecule has 0 heterocycles. The van der Waals surface area contributed by atoms with Gasteiger partial charge in [-0.2, -0.15) is 0 Å². The molecular formula is C23H31NO4. The summed E-state index contributed by atoms with van der Waals surface area (Å²) in [5, 5.41) is 30.9. The first-order valence-corrected chi connectivity index (χ1v) is 9.86. The molecule has 0 fully saturated rings. The summed E-state index contributed by atoms with van der Waals surface area (Å²) in [4.78, 5) is 11.9. The van der Waals surface area contributed by atoms with Crippen LogP contribution in [0.4, 0.5) is 0 Å². The Kier molecular flexibility index (Phi) is 7.88. The van der Waals surface area contributed by atoms with Crippen LogP contribution in [0.2, 0.25) is 0 Å².